The number of hydrogen-bond acceptors (Lipinski definition) is 6. The number of rotatable bonds is 4. The van der Waals surface area contributed by atoms with Crippen LogP contribution >= 0.6 is 0 Å². The van der Waals surface area contributed by atoms with Crippen LogP contribution in [0, 0.1) is 11.8 Å². The number of carbonyl (C=O) groups is 1. The van der Waals surface area contributed by atoms with Gasteiger partial charge in [0.1, 0.15) is 11.8 Å². The van der Waals surface area contributed by atoms with Gasteiger partial charge in [0.2, 0.25) is 5.60 Å². The lowest BCUT2D eigenvalue weighted by Crippen LogP contribution is -2.37. The molecule has 1 saturated heterocycles. The largest absolute Gasteiger partial charge is 0.369 e. The lowest BCUT2D eigenvalue weighted by molar-refractivity contribution is -0.137. The first-order valence-electron chi connectivity index (χ1n) is 9.61. The predicted molar refractivity (Wildman–Crippen MR) is 111 cm³/mol. The van der Waals surface area contributed by atoms with Crippen LogP contribution in [0.25, 0.3) is 22.3 Å². The fourth-order valence-corrected chi connectivity index (χ4v) is 3.31. The maximum Gasteiger partial charge on any atom is 0.267 e. The molecular formula is C22H19F2N5O2. The zero-order valence-corrected chi connectivity index (χ0v) is 16.6. The number of aliphatic hydroxyl groups is 1. The first-order valence-corrected chi connectivity index (χ1v) is 9.61. The molecule has 0 bridgehead atoms. The number of alkyl halides is 2. The third-order valence-corrected chi connectivity index (χ3v) is 4.99. The zero-order valence-electron chi connectivity index (χ0n) is 16.6. The van der Waals surface area contributed by atoms with E-state index in [4.69, 9.17) is 0 Å². The molecule has 2 aromatic heterocycles. The zero-order chi connectivity index (χ0) is 22.0. The molecule has 9 heteroatoms. The van der Waals surface area contributed by atoms with Crippen LogP contribution in [0.15, 0.2) is 42.7 Å². The van der Waals surface area contributed by atoms with Crippen molar-refractivity contribution in [2.75, 3.05) is 25.5 Å². The Balaban J connectivity index is 1.66. The van der Waals surface area contributed by atoms with Gasteiger partial charge in [-0.15, -0.1) is 0 Å². The van der Waals surface area contributed by atoms with Crippen LogP contribution in [0.2, 0.25) is 0 Å². The molecule has 1 unspecified atom stereocenters. The molecule has 0 radical (unpaired) electrons. The second kappa shape index (κ2) is 8.24. The van der Waals surface area contributed by atoms with Crippen molar-refractivity contribution in [1.29, 1.82) is 0 Å². The Morgan fingerprint density at radius 1 is 1.29 bits per heavy atom. The highest BCUT2D eigenvalue weighted by Crippen LogP contribution is 2.25. The second-order valence-electron chi connectivity index (χ2n) is 7.23. The second-order valence-corrected chi connectivity index (χ2v) is 7.23. The van der Waals surface area contributed by atoms with E-state index in [2.05, 4.69) is 32.1 Å². The first-order chi connectivity index (χ1) is 14.9. The average Bonchev–Trinajstić information content (AvgIpc) is 3.04. The topological polar surface area (TPSA) is 91.2 Å². The molecule has 3 heterocycles. The number of pyridine rings is 1. The van der Waals surface area contributed by atoms with E-state index in [9.17, 15) is 18.7 Å². The number of anilines is 1. The molecule has 1 amide bonds. The maximum atomic E-state index is 12.6. The number of carbonyl (C=O) groups excluding carboxylic acids is 1. The summed E-state index contributed by atoms with van der Waals surface area (Å²) in [7, 11) is 1.63. The van der Waals surface area contributed by atoms with E-state index in [1.165, 1.54) is 11.2 Å². The number of nitrogens with one attached hydrogen (secondary N) is 1. The molecule has 1 atom stereocenters. The van der Waals surface area contributed by atoms with Gasteiger partial charge in [-0.05, 0) is 24.3 Å². The Kier molecular flexibility index (Phi) is 5.48. The summed E-state index contributed by atoms with van der Waals surface area (Å²) in [5.74, 6) is 5.39. The highest BCUT2D eigenvalue weighted by atomic mass is 19.3. The van der Waals surface area contributed by atoms with E-state index >= 15 is 0 Å². The summed E-state index contributed by atoms with van der Waals surface area (Å²) in [5.41, 5.74) is 1.16. The number of nitrogens with zero attached hydrogens (tertiary/aromatic N) is 4. The summed E-state index contributed by atoms with van der Waals surface area (Å²) < 4.78 is 25.2. The monoisotopic (exact) mass is 423 g/mol. The molecule has 0 saturated carbocycles. The molecular weight excluding hydrogens is 404 g/mol. The molecule has 31 heavy (non-hydrogen) atoms. The first kappa shape index (κ1) is 20.6. The standard InChI is InChI=1S/C22H19F2N5O2/c1-29-10-9-22(31,21(29)30)8-7-14-3-2-4-15(11-14)16-5-6-17-19(28-16)20(27-13-26-17)25-12-18(23)24/h2-6,11,13,18,31H,9-10,12H2,1H3,(H,25,26,27). The fraction of sp³-hybridized carbons (Fsp3) is 0.273. The molecule has 2 N–H and O–H groups in total. The van der Waals surface area contributed by atoms with Crippen molar-refractivity contribution in [3.63, 3.8) is 0 Å². The minimum Gasteiger partial charge on any atom is -0.369 e. The number of fused-ring (bicyclic) bond motifs is 1. The minimum atomic E-state index is -2.52. The van der Waals surface area contributed by atoms with Crippen molar-refractivity contribution in [1.82, 2.24) is 19.9 Å². The van der Waals surface area contributed by atoms with Gasteiger partial charge in [0, 0.05) is 31.1 Å². The van der Waals surface area contributed by atoms with E-state index in [1.807, 2.05) is 6.07 Å². The molecule has 4 rings (SSSR count). The number of likely N-dealkylation sites (tertiary alicyclic amines) is 1. The van der Waals surface area contributed by atoms with Crippen LogP contribution in [-0.2, 0) is 4.79 Å². The van der Waals surface area contributed by atoms with Crippen molar-refractivity contribution in [2.24, 2.45) is 0 Å². The van der Waals surface area contributed by atoms with Gasteiger partial charge in [0.15, 0.2) is 5.82 Å². The van der Waals surface area contributed by atoms with Crippen LogP contribution in [0.4, 0.5) is 14.6 Å². The quantitative estimate of drug-likeness (QED) is 0.626. The number of aromatic nitrogens is 3. The highest BCUT2D eigenvalue weighted by molar-refractivity contribution is 5.90. The SMILES string of the molecule is CN1CCC(O)(C#Cc2cccc(-c3ccc4ncnc(NCC(F)F)c4n3)c2)C1=O. The average molecular weight is 423 g/mol. The van der Waals surface area contributed by atoms with Gasteiger partial charge < -0.3 is 15.3 Å². The summed E-state index contributed by atoms with van der Waals surface area (Å²) in [6.45, 7) is -0.0883. The lowest BCUT2D eigenvalue weighted by Gasteiger charge is -2.13. The summed E-state index contributed by atoms with van der Waals surface area (Å²) in [4.78, 5) is 26.2. The fourth-order valence-electron chi connectivity index (χ4n) is 3.31. The van der Waals surface area contributed by atoms with Gasteiger partial charge in [0.05, 0.1) is 17.8 Å². The van der Waals surface area contributed by atoms with E-state index < -0.39 is 24.5 Å². The maximum absolute atomic E-state index is 12.6. The highest BCUT2D eigenvalue weighted by Gasteiger charge is 2.42. The summed E-state index contributed by atoms with van der Waals surface area (Å²) >= 11 is 0. The van der Waals surface area contributed by atoms with Crippen LogP contribution in [0.1, 0.15) is 12.0 Å². The number of amides is 1. The molecule has 0 aliphatic carbocycles. The van der Waals surface area contributed by atoms with Crippen molar-refractivity contribution in [2.45, 2.75) is 18.4 Å². The van der Waals surface area contributed by atoms with E-state index in [0.29, 0.717) is 28.8 Å². The molecule has 1 aliphatic rings. The summed E-state index contributed by atoms with van der Waals surface area (Å²) in [5, 5.41) is 13.1. The molecule has 3 aromatic rings. The van der Waals surface area contributed by atoms with Crippen molar-refractivity contribution in [3.8, 4) is 23.1 Å². The smallest absolute Gasteiger partial charge is 0.267 e. The van der Waals surface area contributed by atoms with E-state index in [1.54, 1.807) is 37.4 Å². The third-order valence-electron chi connectivity index (χ3n) is 4.99. The van der Waals surface area contributed by atoms with Gasteiger partial charge in [0.25, 0.3) is 12.3 Å². The van der Waals surface area contributed by atoms with Gasteiger partial charge in [-0.1, -0.05) is 24.0 Å². The lowest BCUT2D eigenvalue weighted by atomic mass is 10.0. The molecule has 0 spiro atoms. The number of halogens is 2. The summed E-state index contributed by atoms with van der Waals surface area (Å²) in [6.07, 6.45) is -0.972. The van der Waals surface area contributed by atoms with Crippen LogP contribution in [0.3, 0.4) is 0 Å². The van der Waals surface area contributed by atoms with Crippen LogP contribution < -0.4 is 5.32 Å². The molecule has 158 valence electrons. The summed E-state index contributed by atoms with van der Waals surface area (Å²) in [6, 6.07) is 10.7. The molecule has 1 fully saturated rings. The number of hydrogen-bond donors (Lipinski definition) is 2. The normalized spacial score (nSPS) is 18.4. The van der Waals surface area contributed by atoms with Crippen LogP contribution in [-0.4, -0.2) is 63.0 Å². The Morgan fingerprint density at radius 3 is 2.87 bits per heavy atom. The van der Waals surface area contributed by atoms with Crippen LogP contribution in [0.5, 0.6) is 0 Å². The molecule has 7 nitrogen and oxygen atoms in total. The van der Waals surface area contributed by atoms with Gasteiger partial charge in [-0.3, -0.25) is 4.79 Å². The Labute approximate surface area is 177 Å². The molecule has 1 aliphatic heterocycles. The predicted octanol–water partition coefficient (Wildman–Crippen LogP) is 2.31. The molecule has 1 aromatic carbocycles. The van der Waals surface area contributed by atoms with E-state index in [0.717, 1.165) is 5.56 Å². The van der Waals surface area contributed by atoms with Crippen molar-refractivity contribution in [3.05, 3.63) is 48.3 Å². The van der Waals surface area contributed by atoms with Crippen molar-refractivity contribution < 1.29 is 18.7 Å². The Hall–Kier alpha value is -3.64. The number of benzene rings is 1. The third kappa shape index (κ3) is 4.29. The Morgan fingerprint density at radius 2 is 2.13 bits per heavy atom. The van der Waals surface area contributed by atoms with Crippen molar-refractivity contribution >= 4 is 22.8 Å². The van der Waals surface area contributed by atoms with Gasteiger partial charge in [-0.25, -0.2) is 23.7 Å². The Bertz CT molecular complexity index is 1210. The van der Waals surface area contributed by atoms with Gasteiger partial charge in [-0.2, -0.15) is 0 Å². The van der Waals surface area contributed by atoms with Gasteiger partial charge >= 0.3 is 0 Å². The minimum absolute atomic E-state index is 0.231. The number of likely N-dealkylation sites (N-methyl/N-ethyl adjacent to an activating group) is 1. The van der Waals surface area contributed by atoms with E-state index in [-0.39, 0.29) is 12.2 Å².